The van der Waals surface area contributed by atoms with Crippen molar-refractivity contribution in [1.29, 1.82) is 0 Å². The van der Waals surface area contributed by atoms with Crippen molar-refractivity contribution in [3.05, 3.63) is 70.9 Å². The van der Waals surface area contributed by atoms with Crippen LogP contribution in [0.1, 0.15) is 22.6 Å². The molecule has 1 atom stereocenters. The van der Waals surface area contributed by atoms with Crippen molar-refractivity contribution in [3.63, 3.8) is 0 Å². The molecule has 4 rings (SSSR count). The minimum Gasteiger partial charge on any atom is -0.276 e. The van der Waals surface area contributed by atoms with Crippen molar-refractivity contribution in [3.8, 4) is 0 Å². The third kappa shape index (κ3) is 2.58. The highest BCUT2D eigenvalue weighted by atomic mass is 32.2. The first-order valence-corrected chi connectivity index (χ1v) is 9.97. The maximum absolute atomic E-state index is 13.0. The fourth-order valence-electron chi connectivity index (χ4n) is 3.20. The lowest BCUT2D eigenvalue weighted by atomic mass is 9.87. The van der Waals surface area contributed by atoms with E-state index >= 15 is 0 Å². The van der Waals surface area contributed by atoms with Crippen LogP contribution in [0.15, 0.2) is 58.4 Å². The van der Waals surface area contributed by atoms with Crippen molar-refractivity contribution < 1.29 is 8.42 Å². The second-order valence-corrected chi connectivity index (χ2v) is 9.04. The average Bonchev–Trinajstić information content (AvgIpc) is 3.25. The molecule has 0 saturated carbocycles. The van der Waals surface area contributed by atoms with Crippen molar-refractivity contribution in [1.82, 2.24) is 14.1 Å². The summed E-state index contributed by atoms with van der Waals surface area (Å²) in [4.78, 5) is 0. The summed E-state index contributed by atoms with van der Waals surface area (Å²) in [5, 5.41) is 6.05. The number of fused-ring (bicyclic) bond motifs is 1. The number of benzene rings is 1. The Kier molecular flexibility index (Phi) is 3.79. The van der Waals surface area contributed by atoms with E-state index in [1.165, 1.54) is 16.9 Å². The van der Waals surface area contributed by atoms with Gasteiger partial charge in [-0.2, -0.15) is 9.40 Å². The van der Waals surface area contributed by atoms with E-state index in [2.05, 4.69) is 11.2 Å². The van der Waals surface area contributed by atoms with Crippen LogP contribution in [0.3, 0.4) is 0 Å². The van der Waals surface area contributed by atoms with Gasteiger partial charge in [0.15, 0.2) is 0 Å². The van der Waals surface area contributed by atoms with Gasteiger partial charge in [-0.15, -0.1) is 11.3 Å². The second-order valence-electron chi connectivity index (χ2n) is 5.93. The highest BCUT2D eigenvalue weighted by molar-refractivity contribution is 7.91. The number of hydrogen-bond donors (Lipinski definition) is 0. The van der Waals surface area contributed by atoms with Gasteiger partial charge in [0.2, 0.25) is 0 Å². The van der Waals surface area contributed by atoms with Crippen molar-refractivity contribution >= 4 is 21.4 Å². The minimum atomic E-state index is -3.47. The van der Waals surface area contributed by atoms with Crippen LogP contribution in [0.4, 0.5) is 0 Å². The molecule has 3 heterocycles. The molecular formula is C17H17N3O2S2. The van der Waals surface area contributed by atoms with Crippen LogP contribution < -0.4 is 0 Å². The highest BCUT2D eigenvalue weighted by Gasteiger charge is 2.34. The number of thiophene rings is 1. The maximum atomic E-state index is 13.0. The van der Waals surface area contributed by atoms with Gasteiger partial charge in [-0.25, -0.2) is 8.42 Å². The van der Waals surface area contributed by atoms with Crippen LogP contribution in [0.5, 0.6) is 0 Å². The average molecular weight is 359 g/mol. The summed E-state index contributed by atoms with van der Waals surface area (Å²) < 4.78 is 29.6. The quantitative estimate of drug-likeness (QED) is 0.723. The largest absolute Gasteiger partial charge is 0.276 e. The monoisotopic (exact) mass is 359 g/mol. The van der Waals surface area contributed by atoms with Gasteiger partial charge in [0.25, 0.3) is 10.0 Å². The summed E-state index contributed by atoms with van der Waals surface area (Å²) in [6.45, 7) is 0.843. The molecule has 1 aliphatic heterocycles. The molecule has 7 heteroatoms. The molecule has 0 fully saturated rings. The molecule has 1 aliphatic rings. The molecule has 1 aromatic carbocycles. The molecular weight excluding hydrogens is 342 g/mol. The standard InChI is InChI=1S/C17H17N3O2S2/c1-19-10-14(9-18-19)16-12-20(11-13-5-2-3-6-15(13)16)24(21,22)17-7-4-8-23-17/h2-10,16H,11-12H2,1H3. The summed E-state index contributed by atoms with van der Waals surface area (Å²) in [5.74, 6) is -0.00149. The molecule has 0 radical (unpaired) electrons. The molecule has 5 nitrogen and oxygen atoms in total. The second kappa shape index (κ2) is 5.84. The van der Waals surface area contributed by atoms with Crippen LogP contribution in [-0.4, -0.2) is 29.0 Å². The summed E-state index contributed by atoms with van der Waals surface area (Å²) in [6, 6.07) is 11.5. The van der Waals surface area contributed by atoms with Crippen LogP contribution in [-0.2, 0) is 23.6 Å². The van der Waals surface area contributed by atoms with Crippen LogP contribution >= 0.6 is 11.3 Å². The summed E-state index contributed by atoms with van der Waals surface area (Å²) in [7, 11) is -1.60. The van der Waals surface area contributed by atoms with Gasteiger partial charge >= 0.3 is 0 Å². The molecule has 0 aliphatic carbocycles. The highest BCUT2D eigenvalue weighted by Crippen LogP contribution is 2.36. The number of sulfonamides is 1. The van der Waals surface area contributed by atoms with Crippen LogP contribution in [0.2, 0.25) is 0 Å². The fourth-order valence-corrected chi connectivity index (χ4v) is 5.78. The summed E-state index contributed by atoms with van der Waals surface area (Å²) in [6.07, 6.45) is 3.78. The molecule has 0 bridgehead atoms. The Hall–Kier alpha value is -1.96. The topological polar surface area (TPSA) is 55.2 Å². The van der Waals surface area contributed by atoms with E-state index in [0.717, 1.165) is 11.1 Å². The van der Waals surface area contributed by atoms with Crippen LogP contribution in [0, 0.1) is 0 Å². The lowest BCUT2D eigenvalue weighted by Crippen LogP contribution is -2.38. The van der Waals surface area contributed by atoms with Crippen molar-refractivity contribution in [2.75, 3.05) is 6.54 Å². The smallest absolute Gasteiger partial charge is 0.252 e. The fraction of sp³-hybridized carbons (Fsp3) is 0.235. The molecule has 0 N–H and O–H groups in total. The van der Waals surface area contributed by atoms with Gasteiger partial charge in [0.1, 0.15) is 4.21 Å². The Morgan fingerprint density at radius 1 is 1.21 bits per heavy atom. The number of aromatic nitrogens is 2. The number of hydrogen-bond acceptors (Lipinski definition) is 4. The lowest BCUT2D eigenvalue weighted by Gasteiger charge is -2.33. The van der Waals surface area contributed by atoms with Gasteiger partial charge in [0.05, 0.1) is 6.20 Å². The van der Waals surface area contributed by atoms with Gasteiger partial charge in [-0.1, -0.05) is 30.3 Å². The van der Waals surface area contributed by atoms with E-state index in [9.17, 15) is 8.42 Å². The first-order valence-electron chi connectivity index (χ1n) is 7.66. The van der Waals surface area contributed by atoms with Gasteiger partial charge in [0, 0.05) is 32.3 Å². The van der Waals surface area contributed by atoms with Crippen molar-refractivity contribution in [2.24, 2.45) is 7.05 Å². The molecule has 0 spiro atoms. The minimum absolute atomic E-state index is 0.00149. The number of nitrogens with zero attached hydrogens (tertiary/aromatic N) is 3. The zero-order chi connectivity index (χ0) is 16.7. The molecule has 24 heavy (non-hydrogen) atoms. The van der Waals surface area contributed by atoms with Crippen LogP contribution in [0.25, 0.3) is 0 Å². The van der Waals surface area contributed by atoms with Gasteiger partial charge in [-0.3, -0.25) is 4.68 Å². The first kappa shape index (κ1) is 15.6. The predicted octanol–water partition coefficient (Wildman–Crippen LogP) is 2.82. The van der Waals surface area contributed by atoms with E-state index in [1.54, 1.807) is 26.5 Å². The SMILES string of the molecule is Cn1cc(C2CN(S(=O)(=O)c3cccs3)Cc3ccccc32)cn1. The maximum Gasteiger partial charge on any atom is 0.252 e. The zero-order valence-corrected chi connectivity index (χ0v) is 14.8. The Morgan fingerprint density at radius 3 is 2.75 bits per heavy atom. The molecule has 0 amide bonds. The van der Waals surface area contributed by atoms with Gasteiger partial charge < -0.3 is 0 Å². The first-order chi connectivity index (χ1) is 11.6. The van der Waals surface area contributed by atoms with E-state index in [4.69, 9.17) is 0 Å². The number of aryl methyl sites for hydroxylation is 1. The Bertz CT molecular complexity index is 961. The molecule has 3 aromatic rings. The van der Waals surface area contributed by atoms with Gasteiger partial charge in [-0.05, 0) is 28.1 Å². The Morgan fingerprint density at radius 2 is 2.04 bits per heavy atom. The Labute approximate surface area is 145 Å². The van der Waals surface area contributed by atoms with E-state index in [1.807, 2.05) is 37.6 Å². The number of rotatable bonds is 3. The zero-order valence-electron chi connectivity index (χ0n) is 13.2. The third-order valence-electron chi connectivity index (χ3n) is 4.38. The lowest BCUT2D eigenvalue weighted by molar-refractivity contribution is 0.372. The molecule has 0 saturated heterocycles. The molecule has 1 unspecified atom stereocenters. The normalized spacial score (nSPS) is 18.5. The van der Waals surface area contributed by atoms with E-state index in [0.29, 0.717) is 17.3 Å². The third-order valence-corrected chi connectivity index (χ3v) is 7.56. The summed E-state index contributed by atoms with van der Waals surface area (Å²) >= 11 is 1.26. The Balaban J connectivity index is 1.78. The van der Waals surface area contributed by atoms with E-state index < -0.39 is 10.0 Å². The van der Waals surface area contributed by atoms with Crippen molar-refractivity contribution in [2.45, 2.75) is 16.7 Å². The molecule has 124 valence electrons. The molecule has 2 aromatic heterocycles. The summed E-state index contributed by atoms with van der Waals surface area (Å²) in [5.41, 5.74) is 3.27. The van der Waals surface area contributed by atoms with E-state index in [-0.39, 0.29) is 5.92 Å². The predicted molar refractivity (Wildman–Crippen MR) is 93.4 cm³/mol.